The van der Waals surface area contributed by atoms with Crippen LogP contribution in [-0.2, 0) is 19.1 Å². The van der Waals surface area contributed by atoms with E-state index in [9.17, 15) is 19.2 Å². The molecule has 1 fully saturated rings. The zero-order valence-corrected chi connectivity index (χ0v) is 18.4. The largest absolute Gasteiger partial charge is 0.495 e. The second kappa shape index (κ2) is 10.3. The Kier molecular flexibility index (Phi) is 7.55. The summed E-state index contributed by atoms with van der Waals surface area (Å²) in [5.41, 5.74) is 3.09. The standard InChI is InChI=1S/C21H19Cl2N3O6/c1-31-17-7-6-15(23)9-16(17)24-18(27)11-32-21(30)13-8-19(28)26(10-13)25-20(29)12-2-4-14(22)5-3-12/h2-7,9,13H,8,10-11H2,1H3,(H,24,27)(H,25,29)/t13-/m1/s1. The Labute approximate surface area is 193 Å². The first-order valence-electron chi connectivity index (χ1n) is 9.43. The minimum absolute atomic E-state index is 0.0687. The lowest BCUT2D eigenvalue weighted by atomic mass is 10.1. The van der Waals surface area contributed by atoms with Crippen molar-refractivity contribution < 1.29 is 28.7 Å². The van der Waals surface area contributed by atoms with Gasteiger partial charge in [-0.25, -0.2) is 0 Å². The zero-order chi connectivity index (χ0) is 23.3. The molecule has 1 heterocycles. The molecule has 1 aliphatic rings. The normalized spacial score (nSPS) is 15.3. The minimum Gasteiger partial charge on any atom is -0.495 e. The number of ether oxygens (including phenoxy) is 2. The number of esters is 1. The molecule has 2 aromatic rings. The lowest BCUT2D eigenvalue weighted by Gasteiger charge is -2.17. The van der Waals surface area contributed by atoms with Crippen molar-refractivity contribution in [2.75, 3.05) is 25.6 Å². The smallest absolute Gasteiger partial charge is 0.311 e. The number of carbonyl (C=O) groups is 4. The van der Waals surface area contributed by atoms with Crippen LogP contribution in [0, 0.1) is 5.92 Å². The molecule has 168 valence electrons. The van der Waals surface area contributed by atoms with Gasteiger partial charge in [0.1, 0.15) is 5.75 Å². The fraction of sp³-hybridized carbons (Fsp3) is 0.238. The van der Waals surface area contributed by atoms with Gasteiger partial charge in [0.05, 0.1) is 25.3 Å². The van der Waals surface area contributed by atoms with Crippen molar-refractivity contribution in [3.63, 3.8) is 0 Å². The molecule has 3 amide bonds. The number of nitrogens with zero attached hydrogens (tertiary/aromatic N) is 1. The Morgan fingerprint density at radius 3 is 2.47 bits per heavy atom. The van der Waals surface area contributed by atoms with E-state index in [1.54, 1.807) is 24.3 Å². The molecule has 1 aliphatic heterocycles. The van der Waals surface area contributed by atoms with E-state index in [0.29, 0.717) is 27.0 Å². The average molecular weight is 480 g/mol. The second-order valence-corrected chi connectivity index (χ2v) is 7.73. The Morgan fingerprint density at radius 2 is 1.78 bits per heavy atom. The highest BCUT2D eigenvalue weighted by Gasteiger charge is 2.36. The molecule has 1 atom stereocenters. The number of hydrogen-bond acceptors (Lipinski definition) is 6. The van der Waals surface area contributed by atoms with E-state index in [1.165, 1.54) is 25.3 Å². The third-order valence-electron chi connectivity index (χ3n) is 4.58. The number of nitrogens with one attached hydrogen (secondary N) is 2. The molecule has 0 aromatic heterocycles. The van der Waals surface area contributed by atoms with Crippen molar-refractivity contribution in [1.29, 1.82) is 0 Å². The number of rotatable bonds is 7. The van der Waals surface area contributed by atoms with Crippen LogP contribution in [0.5, 0.6) is 5.75 Å². The topological polar surface area (TPSA) is 114 Å². The summed E-state index contributed by atoms with van der Waals surface area (Å²) in [4.78, 5) is 48.9. The highest BCUT2D eigenvalue weighted by molar-refractivity contribution is 6.31. The molecule has 0 bridgehead atoms. The number of anilines is 1. The fourth-order valence-electron chi connectivity index (χ4n) is 2.98. The Bertz CT molecular complexity index is 1040. The number of benzene rings is 2. The van der Waals surface area contributed by atoms with Gasteiger partial charge in [-0.3, -0.25) is 29.6 Å². The summed E-state index contributed by atoms with van der Waals surface area (Å²) in [7, 11) is 1.44. The molecule has 9 nitrogen and oxygen atoms in total. The number of halogens is 2. The van der Waals surface area contributed by atoms with Crippen molar-refractivity contribution >= 4 is 52.6 Å². The molecule has 0 radical (unpaired) electrons. The number of carbonyl (C=O) groups excluding carboxylic acids is 4. The monoisotopic (exact) mass is 479 g/mol. The molecule has 3 rings (SSSR count). The van der Waals surface area contributed by atoms with E-state index in [2.05, 4.69) is 10.7 Å². The third-order valence-corrected chi connectivity index (χ3v) is 5.07. The minimum atomic E-state index is -0.818. The van der Waals surface area contributed by atoms with Gasteiger partial charge in [0.25, 0.3) is 11.8 Å². The highest BCUT2D eigenvalue weighted by Crippen LogP contribution is 2.27. The van der Waals surface area contributed by atoms with Crippen LogP contribution in [0.3, 0.4) is 0 Å². The summed E-state index contributed by atoms with van der Waals surface area (Å²) < 4.78 is 10.2. The lowest BCUT2D eigenvalue weighted by Crippen LogP contribution is -2.43. The van der Waals surface area contributed by atoms with Gasteiger partial charge in [-0.15, -0.1) is 0 Å². The number of hydrazine groups is 1. The molecule has 2 aromatic carbocycles. The first-order valence-corrected chi connectivity index (χ1v) is 10.2. The fourth-order valence-corrected chi connectivity index (χ4v) is 3.28. The van der Waals surface area contributed by atoms with E-state index in [4.69, 9.17) is 32.7 Å². The number of amides is 3. The molecular formula is C21H19Cl2N3O6. The summed E-state index contributed by atoms with van der Waals surface area (Å²) in [6.07, 6.45) is -0.149. The van der Waals surface area contributed by atoms with Gasteiger partial charge in [0, 0.05) is 22.0 Å². The van der Waals surface area contributed by atoms with E-state index in [-0.39, 0.29) is 13.0 Å². The molecule has 2 N–H and O–H groups in total. The van der Waals surface area contributed by atoms with Crippen molar-refractivity contribution in [2.24, 2.45) is 5.92 Å². The summed E-state index contributed by atoms with van der Waals surface area (Å²) in [6, 6.07) is 10.8. The second-order valence-electron chi connectivity index (χ2n) is 6.85. The summed E-state index contributed by atoms with van der Waals surface area (Å²) in [5.74, 6) is -2.71. The van der Waals surface area contributed by atoms with Gasteiger partial charge in [0.15, 0.2) is 6.61 Å². The Balaban J connectivity index is 1.50. The Morgan fingerprint density at radius 1 is 1.09 bits per heavy atom. The quantitative estimate of drug-likeness (QED) is 0.590. The summed E-state index contributed by atoms with van der Waals surface area (Å²) >= 11 is 11.7. The maximum atomic E-state index is 12.3. The Hall–Kier alpha value is -3.30. The van der Waals surface area contributed by atoms with Crippen molar-refractivity contribution in [1.82, 2.24) is 10.4 Å². The predicted octanol–water partition coefficient (Wildman–Crippen LogP) is 2.68. The van der Waals surface area contributed by atoms with E-state index >= 15 is 0 Å². The molecular weight excluding hydrogens is 461 g/mol. The van der Waals surface area contributed by atoms with E-state index < -0.39 is 36.2 Å². The van der Waals surface area contributed by atoms with Crippen LogP contribution in [0.1, 0.15) is 16.8 Å². The molecule has 11 heteroatoms. The van der Waals surface area contributed by atoms with Crippen LogP contribution >= 0.6 is 23.2 Å². The maximum Gasteiger partial charge on any atom is 0.311 e. The molecule has 0 saturated carbocycles. The van der Waals surface area contributed by atoms with Crippen LogP contribution in [0.2, 0.25) is 10.0 Å². The molecule has 0 spiro atoms. The van der Waals surface area contributed by atoms with Gasteiger partial charge < -0.3 is 14.8 Å². The first kappa shape index (κ1) is 23.4. The molecule has 32 heavy (non-hydrogen) atoms. The average Bonchev–Trinajstić information content (AvgIpc) is 3.13. The van der Waals surface area contributed by atoms with Crippen molar-refractivity contribution in [3.8, 4) is 5.75 Å². The van der Waals surface area contributed by atoms with Crippen LogP contribution in [-0.4, -0.2) is 49.0 Å². The van der Waals surface area contributed by atoms with Gasteiger partial charge in [-0.1, -0.05) is 23.2 Å². The van der Waals surface area contributed by atoms with Crippen LogP contribution < -0.4 is 15.5 Å². The first-order chi connectivity index (χ1) is 15.3. The third kappa shape index (κ3) is 5.89. The molecule has 0 unspecified atom stereocenters. The van der Waals surface area contributed by atoms with Crippen LogP contribution in [0.25, 0.3) is 0 Å². The maximum absolute atomic E-state index is 12.3. The van der Waals surface area contributed by atoms with Crippen LogP contribution in [0.15, 0.2) is 42.5 Å². The van der Waals surface area contributed by atoms with Crippen molar-refractivity contribution in [3.05, 3.63) is 58.1 Å². The summed E-state index contributed by atoms with van der Waals surface area (Å²) in [6.45, 7) is -0.628. The number of hydrogen-bond donors (Lipinski definition) is 2. The molecule has 0 aliphatic carbocycles. The highest BCUT2D eigenvalue weighted by atomic mass is 35.5. The van der Waals surface area contributed by atoms with E-state index in [0.717, 1.165) is 5.01 Å². The van der Waals surface area contributed by atoms with Gasteiger partial charge in [0.2, 0.25) is 5.91 Å². The van der Waals surface area contributed by atoms with E-state index in [1.807, 2.05) is 0 Å². The lowest BCUT2D eigenvalue weighted by molar-refractivity contribution is -0.151. The SMILES string of the molecule is COc1ccc(Cl)cc1NC(=O)COC(=O)[C@@H]1CC(=O)N(NC(=O)c2ccc(Cl)cc2)C1. The molecule has 1 saturated heterocycles. The summed E-state index contributed by atoms with van der Waals surface area (Å²) in [5, 5.41) is 4.46. The van der Waals surface area contributed by atoms with Gasteiger partial charge in [-0.05, 0) is 42.5 Å². The van der Waals surface area contributed by atoms with Crippen molar-refractivity contribution in [2.45, 2.75) is 6.42 Å². The van der Waals surface area contributed by atoms with Gasteiger partial charge in [-0.2, -0.15) is 0 Å². The zero-order valence-electron chi connectivity index (χ0n) is 16.9. The number of methoxy groups -OCH3 is 1. The van der Waals surface area contributed by atoms with Gasteiger partial charge >= 0.3 is 5.97 Å². The predicted molar refractivity (Wildman–Crippen MR) is 116 cm³/mol. The van der Waals surface area contributed by atoms with Crippen LogP contribution in [0.4, 0.5) is 5.69 Å².